The first-order chi connectivity index (χ1) is 7.11. The zero-order chi connectivity index (χ0) is 13.5. The second-order valence-corrected chi connectivity index (χ2v) is 2.23. The summed E-state index contributed by atoms with van der Waals surface area (Å²) in [6, 6.07) is 0. The van der Waals surface area contributed by atoms with E-state index in [0.29, 0.717) is 0 Å². The van der Waals surface area contributed by atoms with Crippen molar-refractivity contribution in [1.29, 1.82) is 0 Å². The van der Waals surface area contributed by atoms with E-state index in [1.165, 1.54) is 0 Å². The number of rotatable bonds is 4. The minimum absolute atomic E-state index is 3.30. The molecule has 0 atom stereocenters. The molecule has 0 saturated carbocycles. The molecule has 0 aromatic rings. The Kier molecular flexibility index (Phi) is 9.34. The van der Waals surface area contributed by atoms with Gasteiger partial charge in [-0.05, 0) is 0 Å². The summed E-state index contributed by atoms with van der Waals surface area (Å²) in [6.45, 7) is 0. The fourth-order valence-corrected chi connectivity index (χ4v) is 0.220. The van der Waals surface area contributed by atoms with Gasteiger partial charge in [0.25, 0.3) is 25.7 Å². The lowest BCUT2D eigenvalue weighted by molar-refractivity contribution is -0.0460. The Balaban J connectivity index is 0. The Bertz CT molecular complexity index is 123. The van der Waals surface area contributed by atoms with Crippen LogP contribution in [0.25, 0.3) is 0 Å². The Morgan fingerprint density at radius 3 is 0.438 bits per heavy atom. The van der Waals surface area contributed by atoms with Crippen molar-refractivity contribution < 1.29 is 43.9 Å². The maximum absolute atomic E-state index is 11.1. The summed E-state index contributed by atoms with van der Waals surface area (Å²) in [5.74, 6) is 0. The molecule has 0 fully saturated rings. The van der Waals surface area contributed by atoms with Crippen molar-refractivity contribution in [3.05, 3.63) is 0 Å². The van der Waals surface area contributed by atoms with E-state index in [0.717, 1.165) is 0 Å². The number of hydrogen-bond acceptors (Lipinski definition) is 0. The van der Waals surface area contributed by atoms with E-state index in [9.17, 15) is 43.9 Å². The van der Waals surface area contributed by atoms with Crippen LogP contribution in [0.1, 0.15) is 0 Å². The molecule has 0 aromatic heterocycles. The zero-order valence-corrected chi connectivity index (χ0v) is 7.24. The molecule has 0 bridgehead atoms. The molecule has 0 unspecified atom stereocenters. The zero-order valence-electron chi connectivity index (χ0n) is 7.24. The van der Waals surface area contributed by atoms with Crippen molar-refractivity contribution in [2.45, 2.75) is 38.0 Å². The summed E-state index contributed by atoms with van der Waals surface area (Å²) in [6.07, 6.45) is -20.9. The average molecular weight is 268 g/mol. The Hall–Kier alpha value is -0.700. The fourth-order valence-electron chi connectivity index (χ4n) is 0.220. The van der Waals surface area contributed by atoms with E-state index in [-0.39, 0.29) is 0 Å². The van der Waals surface area contributed by atoms with Crippen molar-refractivity contribution in [1.82, 2.24) is 0 Å². The monoisotopic (exact) mass is 268 g/mol. The molecule has 0 aromatic carbocycles. The van der Waals surface area contributed by atoms with Crippen molar-refractivity contribution in [2.75, 3.05) is 0 Å². The third kappa shape index (κ3) is 8.60. The Labute approximate surface area is 83.2 Å². The van der Waals surface area contributed by atoms with Gasteiger partial charge >= 0.3 is 0 Å². The lowest BCUT2D eigenvalue weighted by Crippen LogP contribution is -2.20. The molecular formula is C6H6F10. The molecule has 0 N–H and O–H groups in total. The van der Waals surface area contributed by atoms with Gasteiger partial charge in [0, 0.05) is 0 Å². The third-order valence-electron chi connectivity index (χ3n) is 0.963. The maximum Gasteiger partial charge on any atom is 0.275 e. The molecule has 0 aliphatic carbocycles. The van der Waals surface area contributed by atoms with Crippen LogP contribution in [0.15, 0.2) is 0 Å². The quantitative estimate of drug-likeness (QED) is 0.682. The fraction of sp³-hybridized carbons (Fsp3) is 1.00. The molecule has 16 heavy (non-hydrogen) atoms. The molecular weight excluding hydrogens is 262 g/mol. The standard InChI is InChI=1S/2C3H3F5/c2*4-1(2(5)6)3(7)8/h2*1-3H. The topological polar surface area (TPSA) is 0 Å². The van der Waals surface area contributed by atoms with E-state index in [1.54, 1.807) is 0 Å². The van der Waals surface area contributed by atoms with Crippen molar-refractivity contribution in [3.63, 3.8) is 0 Å². The van der Waals surface area contributed by atoms with E-state index in [1.807, 2.05) is 0 Å². The smallest absolute Gasteiger partial charge is 0.235 e. The lowest BCUT2D eigenvalue weighted by atomic mass is 10.4. The molecule has 0 radical (unpaired) electrons. The molecule has 0 aliphatic rings. The van der Waals surface area contributed by atoms with Gasteiger partial charge in [-0.3, -0.25) is 0 Å². The van der Waals surface area contributed by atoms with Crippen molar-refractivity contribution in [2.24, 2.45) is 0 Å². The van der Waals surface area contributed by atoms with Crippen LogP contribution in [-0.4, -0.2) is 38.0 Å². The normalized spacial score (nSPS) is 12.0. The summed E-state index contributed by atoms with van der Waals surface area (Å²) < 4.78 is 109. The largest absolute Gasteiger partial charge is 0.275 e. The third-order valence-corrected chi connectivity index (χ3v) is 0.963. The van der Waals surface area contributed by atoms with E-state index in [4.69, 9.17) is 0 Å². The first-order valence-electron chi connectivity index (χ1n) is 3.52. The highest BCUT2D eigenvalue weighted by Crippen LogP contribution is 2.13. The summed E-state index contributed by atoms with van der Waals surface area (Å²) in [5.41, 5.74) is 0. The molecule has 0 nitrogen and oxygen atoms in total. The second kappa shape index (κ2) is 8.45. The van der Waals surface area contributed by atoms with Gasteiger partial charge in [-0.2, -0.15) is 0 Å². The van der Waals surface area contributed by atoms with Gasteiger partial charge in [0.2, 0.25) is 12.3 Å². The second-order valence-electron chi connectivity index (χ2n) is 2.23. The van der Waals surface area contributed by atoms with E-state index >= 15 is 0 Å². The molecule has 0 heterocycles. The van der Waals surface area contributed by atoms with Gasteiger partial charge in [0.15, 0.2) is 0 Å². The van der Waals surface area contributed by atoms with Crippen molar-refractivity contribution >= 4 is 0 Å². The maximum atomic E-state index is 11.1. The highest BCUT2D eigenvalue weighted by Gasteiger charge is 2.29. The van der Waals surface area contributed by atoms with Crippen LogP contribution in [0, 0.1) is 0 Å². The van der Waals surface area contributed by atoms with Crippen LogP contribution in [0.5, 0.6) is 0 Å². The Morgan fingerprint density at radius 1 is 0.312 bits per heavy atom. The van der Waals surface area contributed by atoms with Crippen molar-refractivity contribution in [3.8, 4) is 0 Å². The van der Waals surface area contributed by atoms with Crippen LogP contribution >= 0.6 is 0 Å². The van der Waals surface area contributed by atoms with Gasteiger partial charge in [-0.1, -0.05) is 0 Å². The minimum atomic E-state index is -3.57. The van der Waals surface area contributed by atoms with E-state index < -0.39 is 38.0 Å². The molecule has 0 rings (SSSR count). The molecule has 100 valence electrons. The molecule has 0 aliphatic heterocycles. The molecule has 0 saturated heterocycles. The minimum Gasteiger partial charge on any atom is -0.235 e. The van der Waals surface area contributed by atoms with Crippen LogP contribution in [0.4, 0.5) is 43.9 Å². The predicted molar refractivity (Wildman–Crippen MR) is 33.8 cm³/mol. The van der Waals surface area contributed by atoms with Gasteiger partial charge in [0.05, 0.1) is 0 Å². The SMILES string of the molecule is FC(F)C(F)C(F)F.FC(F)C(F)C(F)F. The highest BCUT2D eigenvalue weighted by atomic mass is 19.3. The van der Waals surface area contributed by atoms with Gasteiger partial charge < -0.3 is 0 Å². The summed E-state index contributed by atoms with van der Waals surface area (Å²) in [7, 11) is 0. The summed E-state index contributed by atoms with van der Waals surface area (Å²) in [4.78, 5) is 0. The van der Waals surface area contributed by atoms with Crippen LogP contribution in [0.3, 0.4) is 0 Å². The van der Waals surface area contributed by atoms with E-state index in [2.05, 4.69) is 0 Å². The lowest BCUT2D eigenvalue weighted by Gasteiger charge is -2.02. The number of alkyl halides is 10. The van der Waals surface area contributed by atoms with Gasteiger partial charge in [-0.25, -0.2) is 43.9 Å². The highest BCUT2D eigenvalue weighted by molar-refractivity contribution is 4.59. The van der Waals surface area contributed by atoms with Crippen LogP contribution in [0.2, 0.25) is 0 Å². The van der Waals surface area contributed by atoms with Gasteiger partial charge in [0.1, 0.15) is 0 Å². The van der Waals surface area contributed by atoms with Gasteiger partial charge in [-0.15, -0.1) is 0 Å². The molecule has 10 heteroatoms. The number of hydrogen-bond donors (Lipinski definition) is 0. The summed E-state index contributed by atoms with van der Waals surface area (Å²) in [5, 5.41) is 0. The summed E-state index contributed by atoms with van der Waals surface area (Å²) >= 11 is 0. The average Bonchev–Trinajstić information content (AvgIpc) is 2.15. The number of halogens is 10. The Morgan fingerprint density at radius 2 is 0.438 bits per heavy atom. The first-order valence-corrected chi connectivity index (χ1v) is 3.52. The molecule has 0 amide bonds. The predicted octanol–water partition coefficient (Wildman–Crippen LogP) is 3.71. The molecule has 0 spiro atoms. The van der Waals surface area contributed by atoms with Crippen LogP contribution in [-0.2, 0) is 0 Å². The van der Waals surface area contributed by atoms with Crippen LogP contribution < -0.4 is 0 Å². The first kappa shape index (κ1) is 17.7.